The zero-order valence-electron chi connectivity index (χ0n) is 17.6. The van der Waals surface area contributed by atoms with Crippen LogP contribution in [0.3, 0.4) is 0 Å². The molecule has 3 heterocycles. The van der Waals surface area contributed by atoms with Gasteiger partial charge in [0.25, 0.3) is 5.56 Å². The summed E-state index contributed by atoms with van der Waals surface area (Å²) in [7, 11) is 0. The molecular weight excluding hydrogens is 442 g/mol. The molecule has 2 aromatic carbocycles. The highest BCUT2D eigenvalue weighted by Crippen LogP contribution is 2.27. The van der Waals surface area contributed by atoms with Crippen LogP contribution < -0.4 is 16.6 Å². The zero-order chi connectivity index (χ0) is 23.1. The largest absolute Gasteiger partial charge is 0.382 e. The molecule has 9 nitrogen and oxygen atoms in total. The second kappa shape index (κ2) is 8.28. The minimum absolute atomic E-state index is 0.152. The number of hydrogen-bond acceptors (Lipinski definition) is 7. The molecule has 10 heteroatoms. The number of aliphatic hydroxyl groups is 1. The summed E-state index contributed by atoms with van der Waals surface area (Å²) < 4.78 is 2.99. The van der Waals surface area contributed by atoms with Crippen molar-refractivity contribution in [1.82, 2.24) is 29.5 Å². The van der Waals surface area contributed by atoms with Gasteiger partial charge in [0.2, 0.25) is 0 Å². The van der Waals surface area contributed by atoms with E-state index in [4.69, 9.17) is 22.3 Å². The Labute approximate surface area is 193 Å². The van der Waals surface area contributed by atoms with E-state index < -0.39 is 12.3 Å². The molecular formula is C23H20ClN7O2. The van der Waals surface area contributed by atoms with E-state index in [-0.39, 0.29) is 11.4 Å². The van der Waals surface area contributed by atoms with Crippen LogP contribution in [0.1, 0.15) is 30.6 Å². The Morgan fingerprint density at radius 1 is 1.12 bits per heavy atom. The molecule has 0 radical (unpaired) electrons. The molecule has 33 heavy (non-hydrogen) atoms. The van der Waals surface area contributed by atoms with Gasteiger partial charge in [0.05, 0.1) is 33.2 Å². The van der Waals surface area contributed by atoms with E-state index in [2.05, 4.69) is 15.4 Å². The molecule has 4 N–H and O–H groups in total. The Hall–Kier alpha value is -3.79. The van der Waals surface area contributed by atoms with Crippen molar-refractivity contribution in [3.05, 3.63) is 93.8 Å². The third kappa shape index (κ3) is 3.62. The molecule has 5 rings (SSSR count). The van der Waals surface area contributed by atoms with Gasteiger partial charge >= 0.3 is 0 Å². The summed E-state index contributed by atoms with van der Waals surface area (Å²) in [5.74, 6) is 0.558. The van der Waals surface area contributed by atoms with Crippen molar-refractivity contribution in [3.63, 3.8) is 0 Å². The third-order valence-electron chi connectivity index (χ3n) is 5.42. The Bertz CT molecular complexity index is 1530. The molecule has 2 atom stereocenters. The first-order chi connectivity index (χ1) is 16.0. The lowest BCUT2D eigenvalue weighted by molar-refractivity contribution is 0.126. The van der Waals surface area contributed by atoms with Crippen LogP contribution in [-0.4, -0.2) is 29.3 Å². The number of nitrogens with two attached hydrogens (primary N) is 1. The maximum absolute atomic E-state index is 13.5. The average molecular weight is 462 g/mol. The monoisotopic (exact) mass is 461 g/mol. The number of aliphatic hydroxyl groups excluding tert-OH is 1. The number of anilines is 1. The summed E-state index contributed by atoms with van der Waals surface area (Å²) >= 11 is 6.34. The fourth-order valence-corrected chi connectivity index (χ4v) is 4.15. The summed E-state index contributed by atoms with van der Waals surface area (Å²) in [6.45, 7) is 1.80. The average Bonchev–Trinajstić information content (AvgIpc) is 3.15. The third-order valence-corrected chi connectivity index (χ3v) is 5.73. The van der Waals surface area contributed by atoms with Gasteiger partial charge in [0, 0.05) is 12.4 Å². The molecule has 0 aliphatic carbocycles. The molecule has 166 valence electrons. The SMILES string of the molecule is CC(NC(O)c1c(N)nn2cccnc12)c1nc2cccc(Cl)c2c(=O)n1-c1ccccc1. The molecule has 3 aromatic heterocycles. The van der Waals surface area contributed by atoms with E-state index in [0.29, 0.717) is 38.6 Å². The summed E-state index contributed by atoms with van der Waals surface area (Å²) in [5, 5.41) is 18.9. The summed E-state index contributed by atoms with van der Waals surface area (Å²) in [6.07, 6.45) is 2.08. The lowest BCUT2D eigenvalue weighted by atomic mass is 10.2. The molecule has 0 fully saturated rings. The van der Waals surface area contributed by atoms with E-state index in [9.17, 15) is 9.90 Å². The first kappa shape index (κ1) is 21.1. The molecule has 0 aliphatic heterocycles. The number of nitrogen functional groups attached to an aromatic ring is 1. The minimum Gasteiger partial charge on any atom is -0.382 e. The quantitative estimate of drug-likeness (QED) is 0.344. The van der Waals surface area contributed by atoms with E-state index in [1.165, 1.54) is 9.08 Å². The maximum Gasteiger partial charge on any atom is 0.267 e. The van der Waals surface area contributed by atoms with Gasteiger partial charge in [-0.3, -0.25) is 14.7 Å². The molecule has 0 bridgehead atoms. The van der Waals surface area contributed by atoms with Gasteiger partial charge in [-0.2, -0.15) is 0 Å². The highest BCUT2D eigenvalue weighted by molar-refractivity contribution is 6.35. The fraction of sp³-hybridized carbons (Fsp3) is 0.130. The molecule has 2 unspecified atom stereocenters. The number of nitrogens with zero attached hydrogens (tertiary/aromatic N) is 5. The van der Waals surface area contributed by atoms with Gasteiger partial charge < -0.3 is 10.8 Å². The van der Waals surface area contributed by atoms with E-state index in [0.717, 1.165) is 0 Å². The number of halogens is 1. The molecule has 0 saturated heterocycles. The Morgan fingerprint density at radius 3 is 2.70 bits per heavy atom. The van der Waals surface area contributed by atoms with Gasteiger partial charge in [-0.15, -0.1) is 5.10 Å². The first-order valence-corrected chi connectivity index (χ1v) is 10.6. The Morgan fingerprint density at radius 2 is 1.91 bits per heavy atom. The van der Waals surface area contributed by atoms with E-state index in [1.54, 1.807) is 43.6 Å². The normalized spacial score (nSPS) is 13.4. The van der Waals surface area contributed by atoms with Crippen LogP contribution in [0.4, 0.5) is 5.82 Å². The van der Waals surface area contributed by atoms with Gasteiger partial charge in [0.15, 0.2) is 11.5 Å². The molecule has 0 saturated carbocycles. The van der Waals surface area contributed by atoms with Crippen molar-refractivity contribution in [2.24, 2.45) is 0 Å². The van der Waals surface area contributed by atoms with Crippen molar-refractivity contribution < 1.29 is 5.11 Å². The number of fused-ring (bicyclic) bond motifs is 2. The van der Waals surface area contributed by atoms with Crippen LogP contribution in [-0.2, 0) is 0 Å². The fourth-order valence-electron chi connectivity index (χ4n) is 3.90. The minimum atomic E-state index is -1.21. The highest BCUT2D eigenvalue weighted by Gasteiger charge is 2.25. The topological polar surface area (TPSA) is 123 Å². The number of hydrogen-bond donors (Lipinski definition) is 3. The zero-order valence-corrected chi connectivity index (χ0v) is 18.3. The van der Waals surface area contributed by atoms with Crippen molar-refractivity contribution >= 4 is 34.0 Å². The second-order valence-corrected chi connectivity index (χ2v) is 7.96. The number of rotatable bonds is 5. The second-order valence-electron chi connectivity index (χ2n) is 7.56. The van der Waals surface area contributed by atoms with Crippen molar-refractivity contribution in [3.8, 4) is 5.69 Å². The van der Waals surface area contributed by atoms with Gasteiger partial charge in [-0.1, -0.05) is 35.9 Å². The molecule has 0 amide bonds. The molecule has 0 aliphatic rings. The van der Waals surface area contributed by atoms with Crippen molar-refractivity contribution in [2.75, 3.05) is 5.73 Å². The maximum atomic E-state index is 13.5. The standard InChI is InChI=1S/C23H20ClN7O2/c1-13(27-22(32)18-19(25)29-30-12-6-11-26-21(18)30)20-28-16-10-5-9-15(24)17(16)23(33)31(20)14-7-3-2-4-8-14/h2-13,22,27,32H,1H3,(H2,25,29). The smallest absolute Gasteiger partial charge is 0.267 e. The summed E-state index contributed by atoms with van der Waals surface area (Å²) in [6, 6.07) is 15.4. The predicted molar refractivity (Wildman–Crippen MR) is 126 cm³/mol. The van der Waals surface area contributed by atoms with Gasteiger partial charge in [0.1, 0.15) is 12.1 Å². The lowest BCUT2D eigenvalue weighted by Crippen LogP contribution is -2.32. The summed E-state index contributed by atoms with van der Waals surface area (Å²) in [4.78, 5) is 22.5. The lowest BCUT2D eigenvalue weighted by Gasteiger charge is -2.22. The van der Waals surface area contributed by atoms with Crippen molar-refractivity contribution in [1.29, 1.82) is 0 Å². The molecule has 0 spiro atoms. The first-order valence-electron chi connectivity index (χ1n) is 10.2. The van der Waals surface area contributed by atoms with Crippen LogP contribution in [0.15, 0.2) is 71.8 Å². The van der Waals surface area contributed by atoms with Crippen LogP contribution >= 0.6 is 11.6 Å². The number of benzene rings is 2. The highest BCUT2D eigenvalue weighted by atomic mass is 35.5. The van der Waals surface area contributed by atoms with Crippen molar-refractivity contribution in [2.45, 2.75) is 19.2 Å². The van der Waals surface area contributed by atoms with Crippen LogP contribution in [0.25, 0.3) is 22.2 Å². The summed E-state index contributed by atoms with van der Waals surface area (Å²) in [5.41, 5.74) is 7.63. The Kier molecular flexibility index (Phi) is 5.29. The van der Waals surface area contributed by atoms with E-state index in [1.807, 2.05) is 30.3 Å². The Balaban J connectivity index is 1.63. The number of para-hydroxylation sites is 1. The van der Waals surface area contributed by atoms with Crippen LogP contribution in [0, 0.1) is 0 Å². The van der Waals surface area contributed by atoms with E-state index >= 15 is 0 Å². The number of nitrogens with one attached hydrogen (secondary N) is 1. The predicted octanol–water partition coefficient (Wildman–Crippen LogP) is 3.01. The van der Waals surface area contributed by atoms with Gasteiger partial charge in [-0.25, -0.2) is 14.5 Å². The van der Waals surface area contributed by atoms with Crippen LogP contribution in [0.2, 0.25) is 5.02 Å². The van der Waals surface area contributed by atoms with Gasteiger partial charge in [-0.05, 0) is 37.3 Å². The van der Waals surface area contributed by atoms with Crippen LogP contribution in [0.5, 0.6) is 0 Å². The number of aromatic nitrogens is 5. The molecule has 5 aromatic rings.